The predicted molar refractivity (Wildman–Crippen MR) is 57.1 cm³/mol. The molecule has 0 saturated heterocycles. The summed E-state index contributed by atoms with van der Waals surface area (Å²) in [5.41, 5.74) is 0.467. The van der Waals surface area contributed by atoms with Crippen LogP contribution in [0.5, 0.6) is 0 Å². The minimum atomic E-state index is 0.467. The van der Waals surface area contributed by atoms with Crippen molar-refractivity contribution in [2.75, 3.05) is 5.75 Å². The van der Waals surface area contributed by atoms with Crippen molar-refractivity contribution in [3.63, 3.8) is 0 Å². The van der Waals surface area contributed by atoms with E-state index in [0.29, 0.717) is 5.41 Å². The summed E-state index contributed by atoms with van der Waals surface area (Å²) in [4.78, 5) is 4.23. The highest BCUT2D eigenvalue weighted by Crippen LogP contribution is 2.43. The lowest BCUT2D eigenvalue weighted by molar-refractivity contribution is 0.138. The van der Waals surface area contributed by atoms with Gasteiger partial charge in [0.05, 0.1) is 0 Å². The zero-order valence-corrected chi connectivity index (χ0v) is 8.93. The van der Waals surface area contributed by atoms with Crippen molar-refractivity contribution < 1.29 is 0 Å². The van der Waals surface area contributed by atoms with Crippen molar-refractivity contribution in [1.29, 1.82) is 0 Å². The van der Waals surface area contributed by atoms with E-state index in [1.54, 1.807) is 0 Å². The van der Waals surface area contributed by atoms with E-state index in [2.05, 4.69) is 35.3 Å². The van der Waals surface area contributed by atoms with Gasteiger partial charge in [0.25, 0.3) is 0 Å². The molecule has 1 aliphatic carbocycles. The first-order chi connectivity index (χ1) is 6.26. The summed E-state index contributed by atoms with van der Waals surface area (Å²) in [5, 5.41) is 0. The molecule has 13 heavy (non-hydrogen) atoms. The average Bonchev–Trinajstić information content (AvgIpc) is 2.44. The highest BCUT2D eigenvalue weighted by molar-refractivity contribution is 7.80. The molecule has 1 aromatic rings. The van der Waals surface area contributed by atoms with E-state index in [1.165, 1.54) is 19.3 Å². The van der Waals surface area contributed by atoms with E-state index >= 15 is 0 Å². The highest BCUT2D eigenvalue weighted by atomic mass is 32.1. The highest BCUT2D eigenvalue weighted by Gasteiger charge is 2.35. The zero-order chi connectivity index (χ0) is 9.31. The van der Waals surface area contributed by atoms with Crippen LogP contribution in [0.2, 0.25) is 0 Å². The molecule has 0 aliphatic heterocycles. The van der Waals surface area contributed by atoms with Crippen LogP contribution in [-0.2, 0) is 6.54 Å². The summed E-state index contributed by atoms with van der Waals surface area (Å²) in [7, 11) is 0. The first-order valence-electron chi connectivity index (χ1n) is 4.84. The molecule has 0 unspecified atom stereocenters. The third-order valence-corrected chi connectivity index (χ3v) is 3.85. The van der Waals surface area contributed by atoms with Crippen LogP contribution in [0.15, 0.2) is 12.4 Å². The maximum Gasteiger partial charge on any atom is 0.105 e. The van der Waals surface area contributed by atoms with Gasteiger partial charge in [-0.15, -0.1) is 0 Å². The van der Waals surface area contributed by atoms with E-state index in [1.807, 2.05) is 6.20 Å². The van der Waals surface area contributed by atoms with Gasteiger partial charge < -0.3 is 4.57 Å². The normalized spacial score (nSPS) is 19.8. The van der Waals surface area contributed by atoms with Crippen molar-refractivity contribution in [3.8, 4) is 0 Å². The molecule has 1 aliphatic rings. The fraction of sp³-hybridized carbons (Fsp3) is 0.700. The van der Waals surface area contributed by atoms with Gasteiger partial charge in [-0.1, -0.05) is 6.42 Å². The summed E-state index contributed by atoms with van der Waals surface area (Å²) in [6.45, 7) is 3.16. The standard InChI is InChI=1S/C10H16N2S/c1-9-11-5-6-12(9)7-10(8-13)3-2-4-10/h5-6,13H,2-4,7-8H2,1H3. The molecule has 72 valence electrons. The van der Waals surface area contributed by atoms with Gasteiger partial charge in [-0.05, 0) is 30.9 Å². The summed E-state index contributed by atoms with van der Waals surface area (Å²) in [6.07, 6.45) is 7.97. The van der Waals surface area contributed by atoms with Crippen molar-refractivity contribution >= 4 is 12.6 Å². The molecule has 0 atom stereocenters. The van der Waals surface area contributed by atoms with Gasteiger partial charge in [0.15, 0.2) is 0 Å². The second kappa shape index (κ2) is 3.37. The van der Waals surface area contributed by atoms with Crippen molar-refractivity contribution in [2.24, 2.45) is 5.41 Å². The Morgan fingerprint density at radius 1 is 1.62 bits per heavy atom. The van der Waals surface area contributed by atoms with Gasteiger partial charge in [-0.2, -0.15) is 12.6 Å². The number of nitrogens with zero attached hydrogens (tertiary/aromatic N) is 2. The van der Waals surface area contributed by atoms with Crippen LogP contribution in [0.25, 0.3) is 0 Å². The molecule has 2 rings (SSSR count). The topological polar surface area (TPSA) is 17.8 Å². The molecule has 0 N–H and O–H groups in total. The van der Waals surface area contributed by atoms with E-state index in [9.17, 15) is 0 Å². The smallest absolute Gasteiger partial charge is 0.105 e. The van der Waals surface area contributed by atoms with Crippen molar-refractivity contribution in [1.82, 2.24) is 9.55 Å². The van der Waals surface area contributed by atoms with Crippen LogP contribution >= 0.6 is 12.6 Å². The number of hydrogen-bond acceptors (Lipinski definition) is 2. The molecule has 0 bridgehead atoms. The lowest BCUT2D eigenvalue weighted by Gasteiger charge is -2.41. The Labute approximate surface area is 84.8 Å². The van der Waals surface area contributed by atoms with Gasteiger partial charge >= 0.3 is 0 Å². The summed E-state index contributed by atoms with van der Waals surface area (Å²) >= 11 is 4.44. The average molecular weight is 196 g/mol. The van der Waals surface area contributed by atoms with Crippen LogP contribution in [0.4, 0.5) is 0 Å². The number of thiol groups is 1. The first kappa shape index (κ1) is 9.13. The Morgan fingerprint density at radius 2 is 2.38 bits per heavy atom. The molecule has 0 spiro atoms. The van der Waals surface area contributed by atoms with E-state index in [4.69, 9.17) is 0 Å². The Kier molecular flexibility index (Phi) is 2.37. The van der Waals surface area contributed by atoms with Gasteiger partial charge in [0, 0.05) is 18.9 Å². The van der Waals surface area contributed by atoms with E-state index in [0.717, 1.165) is 18.1 Å². The van der Waals surface area contributed by atoms with Crippen LogP contribution in [-0.4, -0.2) is 15.3 Å². The molecule has 1 aromatic heterocycles. The van der Waals surface area contributed by atoms with Crippen LogP contribution in [0.3, 0.4) is 0 Å². The SMILES string of the molecule is Cc1nccn1CC1(CS)CCC1. The lowest BCUT2D eigenvalue weighted by atomic mass is 9.70. The Morgan fingerprint density at radius 3 is 2.77 bits per heavy atom. The summed E-state index contributed by atoms with van der Waals surface area (Å²) < 4.78 is 2.25. The second-order valence-corrected chi connectivity index (χ2v) is 4.43. The number of aromatic nitrogens is 2. The molecular formula is C10H16N2S. The van der Waals surface area contributed by atoms with Crippen molar-refractivity contribution in [2.45, 2.75) is 32.7 Å². The van der Waals surface area contributed by atoms with Crippen LogP contribution in [0, 0.1) is 12.3 Å². The Balaban J connectivity index is 2.08. The molecular weight excluding hydrogens is 180 g/mol. The summed E-state index contributed by atoms with van der Waals surface area (Å²) in [6, 6.07) is 0. The maximum absolute atomic E-state index is 4.44. The van der Waals surface area contributed by atoms with Crippen molar-refractivity contribution in [3.05, 3.63) is 18.2 Å². The van der Waals surface area contributed by atoms with Gasteiger partial charge in [0.1, 0.15) is 5.82 Å². The number of aryl methyl sites for hydroxylation is 1. The zero-order valence-electron chi connectivity index (χ0n) is 8.03. The van der Waals surface area contributed by atoms with Gasteiger partial charge in [-0.25, -0.2) is 4.98 Å². The summed E-state index contributed by atoms with van der Waals surface area (Å²) in [5.74, 6) is 2.12. The minimum Gasteiger partial charge on any atom is -0.335 e. The minimum absolute atomic E-state index is 0.467. The van der Waals surface area contributed by atoms with Gasteiger partial charge in [0.2, 0.25) is 0 Å². The quantitative estimate of drug-likeness (QED) is 0.734. The Hall–Kier alpha value is -0.440. The number of hydrogen-bond donors (Lipinski definition) is 1. The lowest BCUT2D eigenvalue weighted by Crippen LogP contribution is -2.36. The van der Waals surface area contributed by atoms with E-state index < -0.39 is 0 Å². The van der Waals surface area contributed by atoms with Gasteiger partial charge in [-0.3, -0.25) is 0 Å². The second-order valence-electron chi connectivity index (χ2n) is 4.11. The Bertz CT molecular complexity index is 283. The predicted octanol–water partition coefficient (Wildman–Crippen LogP) is 2.29. The molecule has 3 heteroatoms. The largest absolute Gasteiger partial charge is 0.335 e. The third kappa shape index (κ3) is 1.62. The molecule has 1 heterocycles. The fourth-order valence-corrected chi connectivity index (χ4v) is 2.39. The van der Waals surface area contributed by atoms with Crippen LogP contribution in [0.1, 0.15) is 25.1 Å². The molecule has 1 saturated carbocycles. The molecule has 2 nitrogen and oxygen atoms in total. The monoisotopic (exact) mass is 196 g/mol. The molecule has 0 radical (unpaired) electrons. The number of imidazole rings is 1. The molecule has 0 aromatic carbocycles. The van der Waals surface area contributed by atoms with E-state index in [-0.39, 0.29) is 0 Å². The maximum atomic E-state index is 4.44. The third-order valence-electron chi connectivity index (χ3n) is 3.18. The number of rotatable bonds is 3. The molecule has 0 amide bonds. The fourth-order valence-electron chi connectivity index (χ4n) is 1.98. The first-order valence-corrected chi connectivity index (χ1v) is 5.48. The van der Waals surface area contributed by atoms with Crippen LogP contribution < -0.4 is 0 Å². The molecule has 1 fully saturated rings.